The summed E-state index contributed by atoms with van der Waals surface area (Å²) >= 11 is 0. The van der Waals surface area contributed by atoms with E-state index in [2.05, 4.69) is 19.1 Å². The molecular weight excluding hydrogens is 306 g/mol. The van der Waals surface area contributed by atoms with Crippen molar-refractivity contribution in [2.75, 3.05) is 13.2 Å². The van der Waals surface area contributed by atoms with Crippen LogP contribution in [0.3, 0.4) is 0 Å². The van der Waals surface area contributed by atoms with Gasteiger partial charge in [-0.3, -0.25) is 0 Å². The SMILES string of the molecule is [B]C(C)(C)COc1cccc2c(CCC)ccc(OCC([B])(C)C)c12. The van der Waals surface area contributed by atoms with Crippen molar-refractivity contribution in [2.24, 2.45) is 0 Å². The molecule has 0 heterocycles. The molecule has 0 saturated heterocycles. The average molecular weight is 334 g/mol. The molecule has 2 rings (SSSR count). The van der Waals surface area contributed by atoms with Crippen molar-refractivity contribution in [3.63, 3.8) is 0 Å². The molecule has 0 atom stereocenters. The zero-order valence-electron chi connectivity index (χ0n) is 16.2. The minimum Gasteiger partial charge on any atom is -0.493 e. The molecule has 0 N–H and O–H groups in total. The van der Waals surface area contributed by atoms with Crippen molar-refractivity contribution in [1.29, 1.82) is 0 Å². The third kappa shape index (κ3) is 5.73. The van der Waals surface area contributed by atoms with Gasteiger partial charge in [0.15, 0.2) is 0 Å². The molecule has 4 radical (unpaired) electrons. The van der Waals surface area contributed by atoms with Crippen molar-refractivity contribution < 1.29 is 9.47 Å². The van der Waals surface area contributed by atoms with E-state index in [0.29, 0.717) is 13.2 Å². The Morgan fingerprint density at radius 1 is 0.840 bits per heavy atom. The number of aryl methyl sites for hydroxylation is 1. The molecule has 0 unspecified atom stereocenters. The summed E-state index contributed by atoms with van der Waals surface area (Å²) < 4.78 is 12.1. The van der Waals surface area contributed by atoms with Crippen LogP contribution in [0.2, 0.25) is 10.6 Å². The van der Waals surface area contributed by atoms with Crippen LogP contribution in [0.15, 0.2) is 30.3 Å². The molecule has 0 bridgehead atoms. The van der Waals surface area contributed by atoms with Gasteiger partial charge in [-0.2, -0.15) is 0 Å². The molecule has 0 aliphatic rings. The zero-order valence-corrected chi connectivity index (χ0v) is 16.2. The predicted octanol–water partition coefficient (Wildman–Crippen LogP) is 5.28. The van der Waals surface area contributed by atoms with Gasteiger partial charge in [-0.15, -0.1) is 0 Å². The summed E-state index contributed by atoms with van der Waals surface area (Å²) in [5.74, 6) is 1.61. The summed E-state index contributed by atoms with van der Waals surface area (Å²) in [6.07, 6.45) is 2.11. The summed E-state index contributed by atoms with van der Waals surface area (Å²) in [4.78, 5) is 0. The lowest BCUT2D eigenvalue weighted by Gasteiger charge is -2.23. The van der Waals surface area contributed by atoms with Crippen LogP contribution >= 0.6 is 0 Å². The molecule has 0 spiro atoms. The quantitative estimate of drug-likeness (QED) is 0.611. The van der Waals surface area contributed by atoms with Gasteiger partial charge in [-0.05, 0) is 40.1 Å². The van der Waals surface area contributed by atoms with Crippen molar-refractivity contribution in [3.05, 3.63) is 35.9 Å². The van der Waals surface area contributed by atoms with Gasteiger partial charge in [0.1, 0.15) is 11.5 Å². The van der Waals surface area contributed by atoms with Crippen LogP contribution in [0.4, 0.5) is 0 Å². The molecule has 0 amide bonds. The molecule has 2 aromatic carbocycles. The standard InChI is InChI=1S/C21H28B2O2/c1-6-8-15-11-12-18(25-14-21(4,5)23)19-16(15)9-7-10-17(19)24-13-20(2,3)22/h7,9-12H,6,8,13-14H2,1-5H3. The number of rotatable bonds is 8. The van der Waals surface area contributed by atoms with Crippen molar-refractivity contribution in [3.8, 4) is 11.5 Å². The smallest absolute Gasteiger partial charge is 0.130 e. The second-order valence-corrected chi connectivity index (χ2v) is 8.21. The van der Waals surface area contributed by atoms with Gasteiger partial charge < -0.3 is 9.47 Å². The van der Waals surface area contributed by atoms with Gasteiger partial charge in [-0.25, -0.2) is 0 Å². The Balaban J connectivity index is 2.49. The van der Waals surface area contributed by atoms with Gasteiger partial charge in [-0.1, -0.05) is 59.2 Å². The van der Waals surface area contributed by atoms with Crippen molar-refractivity contribution >= 4 is 26.5 Å². The number of ether oxygens (including phenoxy) is 2. The highest BCUT2D eigenvalue weighted by molar-refractivity contribution is 6.15. The predicted molar refractivity (Wildman–Crippen MR) is 109 cm³/mol. The van der Waals surface area contributed by atoms with Gasteiger partial charge in [0.25, 0.3) is 0 Å². The van der Waals surface area contributed by atoms with E-state index in [-0.39, 0.29) is 0 Å². The minimum atomic E-state index is -0.399. The number of hydrogen-bond donors (Lipinski definition) is 0. The second-order valence-electron chi connectivity index (χ2n) is 8.21. The number of benzene rings is 2. The van der Waals surface area contributed by atoms with Gasteiger partial charge in [0.05, 0.1) is 34.3 Å². The molecule has 130 valence electrons. The fraction of sp³-hybridized carbons (Fsp3) is 0.524. The third-order valence-corrected chi connectivity index (χ3v) is 3.77. The summed E-state index contributed by atoms with van der Waals surface area (Å²) in [6, 6.07) is 10.3. The molecule has 0 aromatic heterocycles. The third-order valence-electron chi connectivity index (χ3n) is 3.77. The first-order valence-electron chi connectivity index (χ1n) is 8.99. The fourth-order valence-electron chi connectivity index (χ4n) is 2.66. The highest BCUT2D eigenvalue weighted by Crippen LogP contribution is 2.38. The molecule has 0 saturated carbocycles. The fourth-order valence-corrected chi connectivity index (χ4v) is 2.66. The maximum atomic E-state index is 6.09. The van der Waals surface area contributed by atoms with Gasteiger partial charge in [0, 0.05) is 0 Å². The minimum absolute atomic E-state index is 0.399. The second kappa shape index (κ2) is 7.76. The van der Waals surface area contributed by atoms with Crippen molar-refractivity contribution in [2.45, 2.75) is 58.1 Å². The summed E-state index contributed by atoms with van der Waals surface area (Å²) in [7, 11) is 12.2. The largest absolute Gasteiger partial charge is 0.493 e. The van der Waals surface area contributed by atoms with Gasteiger partial charge in [0.2, 0.25) is 0 Å². The van der Waals surface area contributed by atoms with Gasteiger partial charge >= 0.3 is 0 Å². The van der Waals surface area contributed by atoms with Crippen LogP contribution in [-0.2, 0) is 6.42 Å². The Morgan fingerprint density at radius 3 is 1.92 bits per heavy atom. The number of hydrogen-bond acceptors (Lipinski definition) is 2. The maximum absolute atomic E-state index is 6.09. The topological polar surface area (TPSA) is 18.5 Å². The van der Waals surface area contributed by atoms with E-state index in [4.69, 9.17) is 25.2 Å². The molecular formula is C21H28B2O2. The Kier molecular flexibility index (Phi) is 6.13. The maximum Gasteiger partial charge on any atom is 0.130 e. The highest BCUT2D eigenvalue weighted by Gasteiger charge is 2.17. The average Bonchev–Trinajstić information content (AvgIpc) is 2.50. The molecule has 0 aliphatic carbocycles. The lowest BCUT2D eigenvalue weighted by atomic mass is 9.73. The van der Waals surface area contributed by atoms with Crippen LogP contribution < -0.4 is 9.47 Å². The van der Waals surface area contributed by atoms with Crippen molar-refractivity contribution in [1.82, 2.24) is 0 Å². The van der Waals surface area contributed by atoms with Crippen LogP contribution in [0, 0.1) is 0 Å². The Bertz CT molecular complexity index is 688. The number of fused-ring (bicyclic) bond motifs is 1. The van der Waals surface area contributed by atoms with Crippen LogP contribution in [0.5, 0.6) is 11.5 Å². The molecule has 2 nitrogen and oxygen atoms in total. The normalized spacial score (nSPS) is 12.4. The van der Waals surface area contributed by atoms with Crippen LogP contribution in [0.1, 0.15) is 46.6 Å². The lowest BCUT2D eigenvalue weighted by molar-refractivity contribution is 0.273. The summed E-state index contributed by atoms with van der Waals surface area (Å²) in [6.45, 7) is 10.9. The van der Waals surface area contributed by atoms with E-state index >= 15 is 0 Å². The molecule has 0 fully saturated rings. The van der Waals surface area contributed by atoms with Crippen LogP contribution in [0.25, 0.3) is 10.8 Å². The first kappa shape index (κ1) is 19.8. The summed E-state index contributed by atoms with van der Waals surface area (Å²) in [5.41, 5.74) is 1.30. The lowest BCUT2D eigenvalue weighted by Crippen LogP contribution is -2.15. The molecule has 2 aromatic rings. The molecule has 25 heavy (non-hydrogen) atoms. The van der Waals surface area contributed by atoms with E-state index in [0.717, 1.165) is 29.7 Å². The Hall–Kier alpha value is -1.57. The van der Waals surface area contributed by atoms with E-state index in [9.17, 15) is 0 Å². The highest BCUT2D eigenvalue weighted by atomic mass is 16.5. The van der Waals surface area contributed by atoms with E-state index in [1.54, 1.807) is 0 Å². The Morgan fingerprint density at radius 2 is 1.40 bits per heavy atom. The monoisotopic (exact) mass is 334 g/mol. The van der Waals surface area contributed by atoms with E-state index in [1.807, 2.05) is 45.9 Å². The molecule has 4 heteroatoms. The van der Waals surface area contributed by atoms with E-state index in [1.165, 1.54) is 10.9 Å². The zero-order chi connectivity index (χ0) is 18.7. The molecule has 0 aliphatic heterocycles. The first-order valence-corrected chi connectivity index (χ1v) is 8.99. The Labute approximate surface area is 155 Å². The first-order chi connectivity index (χ1) is 11.6. The summed E-state index contributed by atoms with van der Waals surface area (Å²) in [5, 5.41) is 1.37. The van der Waals surface area contributed by atoms with Crippen LogP contribution in [-0.4, -0.2) is 28.9 Å². The van der Waals surface area contributed by atoms with E-state index < -0.39 is 10.6 Å².